The van der Waals surface area contributed by atoms with Gasteiger partial charge in [0.05, 0.1) is 11.8 Å². The van der Waals surface area contributed by atoms with Gasteiger partial charge in [0.15, 0.2) is 0 Å². The molecule has 1 heterocycles. The van der Waals surface area contributed by atoms with Crippen LogP contribution < -0.4 is 5.32 Å². The largest absolute Gasteiger partial charge is 0.441 e. The van der Waals surface area contributed by atoms with Crippen molar-refractivity contribution in [3.8, 4) is 11.5 Å². The molecular formula is C13H13F3N2O. The van der Waals surface area contributed by atoms with Crippen LogP contribution in [0.2, 0.25) is 0 Å². The van der Waals surface area contributed by atoms with E-state index in [4.69, 9.17) is 4.42 Å². The first-order valence-electron chi connectivity index (χ1n) is 5.77. The van der Waals surface area contributed by atoms with Gasteiger partial charge in [0, 0.05) is 18.5 Å². The summed E-state index contributed by atoms with van der Waals surface area (Å²) in [6.07, 6.45) is -2.19. The molecule has 2 aromatic rings. The quantitative estimate of drug-likeness (QED) is 0.927. The molecule has 0 aliphatic carbocycles. The molecule has 0 aliphatic rings. The third-order valence-corrected chi connectivity index (χ3v) is 2.61. The average Bonchev–Trinajstić information content (AvgIpc) is 2.84. The number of hydrogen-bond donors (Lipinski definition) is 1. The first-order valence-corrected chi connectivity index (χ1v) is 5.77. The average molecular weight is 270 g/mol. The summed E-state index contributed by atoms with van der Waals surface area (Å²) in [4.78, 5) is 4.00. The van der Waals surface area contributed by atoms with Gasteiger partial charge in [-0.3, -0.25) is 0 Å². The monoisotopic (exact) mass is 270 g/mol. The van der Waals surface area contributed by atoms with Gasteiger partial charge in [-0.2, -0.15) is 13.2 Å². The molecule has 2 rings (SSSR count). The second-order valence-electron chi connectivity index (χ2n) is 4.06. The summed E-state index contributed by atoms with van der Waals surface area (Å²) in [6, 6.07) is 4.95. The summed E-state index contributed by atoms with van der Waals surface area (Å²) >= 11 is 0. The lowest BCUT2D eigenvalue weighted by Crippen LogP contribution is -2.09. The maximum Gasteiger partial charge on any atom is 0.416 e. The van der Waals surface area contributed by atoms with Crippen LogP contribution in [0.4, 0.5) is 13.2 Å². The van der Waals surface area contributed by atoms with Crippen LogP contribution in [0.15, 0.2) is 34.9 Å². The van der Waals surface area contributed by atoms with Crippen molar-refractivity contribution >= 4 is 0 Å². The highest BCUT2D eigenvalue weighted by atomic mass is 19.4. The highest BCUT2D eigenvalue weighted by Crippen LogP contribution is 2.31. The number of alkyl halides is 3. The molecule has 0 saturated heterocycles. The van der Waals surface area contributed by atoms with E-state index in [1.54, 1.807) is 6.07 Å². The lowest BCUT2D eigenvalue weighted by atomic mass is 10.1. The van der Waals surface area contributed by atoms with E-state index in [2.05, 4.69) is 10.3 Å². The van der Waals surface area contributed by atoms with Gasteiger partial charge in [-0.15, -0.1) is 0 Å². The van der Waals surface area contributed by atoms with Crippen LogP contribution in [0.5, 0.6) is 0 Å². The SMILES string of the molecule is CNCCc1cnc(-c2cccc(C(F)(F)F)c2)o1. The Morgan fingerprint density at radius 2 is 2.11 bits per heavy atom. The van der Waals surface area contributed by atoms with Gasteiger partial charge in [-0.1, -0.05) is 6.07 Å². The Morgan fingerprint density at radius 3 is 2.79 bits per heavy atom. The van der Waals surface area contributed by atoms with E-state index in [9.17, 15) is 13.2 Å². The predicted octanol–water partition coefficient (Wildman–Crippen LogP) is 3.12. The fourth-order valence-corrected chi connectivity index (χ4v) is 1.63. The Kier molecular flexibility index (Phi) is 3.90. The van der Waals surface area contributed by atoms with Crippen molar-refractivity contribution in [3.05, 3.63) is 41.8 Å². The Labute approximate surface area is 108 Å². The summed E-state index contributed by atoms with van der Waals surface area (Å²) in [7, 11) is 1.81. The van der Waals surface area contributed by atoms with Crippen LogP contribution in [0.3, 0.4) is 0 Å². The number of aromatic nitrogens is 1. The number of oxazole rings is 1. The zero-order valence-electron chi connectivity index (χ0n) is 10.3. The molecule has 3 nitrogen and oxygen atoms in total. The summed E-state index contributed by atoms with van der Waals surface area (Å²) in [5.41, 5.74) is -0.384. The highest BCUT2D eigenvalue weighted by molar-refractivity contribution is 5.54. The van der Waals surface area contributed by atoms with Crippen LogP contribution in [0.25, 0.3) is 11.5 Å². The van der Waals surface area contributed by atoms with Crippen molar-refractivity contribution in [2.24, 2.45) is 0 Å². The fraction of sp³-hybridized carbons (Fsp3) is 0.308. The molecule has 0 radical (unpaired) electrons. The van der Waals surface area contributed by atoms with Crippen molar-refractivity contribution < 1.29 is 17.6 Å². The summed E-state index contributed by atoms with van der Waals surface area (Å²) < 4.78 is 43.2. The smallest absolute Gasteiger partial charge is 0.416 e. The molecule has 102 valence electrons. The van der Waals surface area contributed by atoms with Crippen molar-refractivity contribution in [2.45, 2.75) is 12.6 Å². The number of rotatable bonds is 4. The molecule has 0 unspecified atom stereocenters. The van der Waals surface area contributed by atoms with E-state index < -0.39 is 11.7 Å². The molecule has 6 heteroatoms. The van der Waals surface area contributed by atoms with Crippen LogP contribution in [0, 0.1) is 0 Å². The maximum atomic E-state index is 12.6. The Hall–Kier alpha value is -1.82. The summed E-state index contributed by atoms with van der Waals surface area (Å²) in [5, 5.41) is 2.96. The van der Waals surface area contributed by atoms with E-state index in [1.807, 2.05) is 7.05 Å². The van der Waals surface area contributed by atoms with Gasteiger partial charge in [0.2, 0.25) is 5.89 Å². The van der Waals surface area contributed by atoms with Gasteiger partial charge >= 0.3 is 6.18 Å². The van der Waals surface area contributed by atoms with Gasteiger partial charge in [0.1, 0.15) is 5.76 Å². The molecule has 0 amide bonds. The molecule has 1 N–H and O–H groups in total. The summed E-state index contributed by atoms with van der Waals surface area (Å²) in [5.74, 6) is 0.846. The first-order chi connectivity index (χ1) is 9.00. The molecule has 1 aromatic carbocycles. The lowest BCUT2D eigenvalue weighted by molar-refractivity contribution is -0.137. The molecule has 0 spiro atoms. The normalized spacial score (nSPS) is 11.8. The zero-order valence-corrected chi connectivity index (χ0v) is 10.3. The van der Waals surface area contributed by atoms with Crippen molar-refractivity contribution in [3.63, 3.8) is 0 Å². The van der Waals surface area contributed by atoms with E-state index in [-0.39, 0.29) is 5.89 Å². The Bertz CT molecular complexity index is 549. The zero-order chi connectivity index (χ0) is 13.9. The van der Waals surface area contributed by atoms with Crippen LogP contribution in [-0.2, 0) is 12.6 Å². The third kappa shape index (κ3) is 3.35. The molecule has 0 bridgehead atoms. The first kappa shape index (κ1) is 13.6. The van der Waals surface area contributed by atoms with Crippen molar-refractivity contribution in [1.82, 2.24) is 10.3 Å². The summed E-state index contributed by atoms with van der Waals surface area (Å²) in [6.45, 7) is 0.719. The van der Waals surface area contributed by atoms with Crippen LogP contribution in [0.1, 0.15) is 11.3 Å². The Balaban J connectivity index is 2.24. The minimum Gasteiger partial charge on any atom is -0.441 e. The second-order valence-corrected chi connectivity index (χ2v) is 4.06. The van der Waals surface area contributed by atoms with E-state index in [0.717, 1.165) is 18.7 Å². The molecule has 0 saturated carbocycles. The van der Waals surface area contributed by atoms with E-state index in [0.29, 0.717) is 17.7 Å². The number of halogens is 3. The fourth-order valence-electron chi connectivity index (χ4n) is 1.63. The lowest BCUT2D eigenvalue weighted by Gasteiger charge is -2.06. The number of hydrogen-bond acceptors (Lipinski definition) is 3. The molecule has 19 heavy (non-hydrogen) atoms. The standard InChI is InChI=1S/C13H13F3N2O/c1-17-6-5-11-8-18-12(19-11)9-3-2-4-10(7-9)13(14,15)16/h2-4,7-8,17H,5-6H2,1H3. The Morgan fingerprint density at radius 1 is 1.32 bits per heavy atom. The molecule has 0 aliphatic heterocycles. The third-order valence-electron chi connectivity index (χ3n) is 2.61. The number of nitrogens with one attached hydrogen (secondary N) is 1. The molecule has 0 fully saturated rings. The van der Waals surface area contributed by atoms with Crippen LogP contribution in [-0.4, -0.2) is 18.6 Å². The predicted molar refractivity (Wildman–Crippen MR) is 64.6 cm³/mol. The topological polar surface area (TPSA) is 38.1 Å². The van der Waals surface area contributed by atoms with Gasteiger partial charge in [-0.25, -0.2) is 4.98 Å². The van der Waals surface area contributed by atoms with E-state index in [1.165, 1.54) is 12.3 Å². The van der Waals surface area contributed by atoms with E-state index >= 15 is 0 Å². The molecular weight excluding hydrogens is 257 g/mol. The number of benzene rings is 1. The molecule has 0 atom stereocenters. The minimum absolute atomic E-state index is 0.206. The van der Waals surface area contributed by atoms with Gasteiger partial charge in [0.25, 0.3) is 0 Å². The highest BCUT2D eigenvalue weighted by Gasteiger charge is 2.30. The number of nitrogens with zero attached hydrogens (tertiary/aromatic N) is 1. The van der Waals surface area contributed by atoms with Gasteiger partial charge in [-0.05, 0) is 25.2 Å². The van der Waals surface area contributed by atoms with Crippen molar-refractivity contribution in [1.29, 1.82) is 0 Å². The molecule has 1 aromatic heterocycles. The minimum atomic E-state index is -4.36. The van der Waals surface area contributed by atoms with Crippen molar-refractivity contribution in [2.75, 3.05) is 13.6 Å². The second kappa shape index (κ2) is 5.44. The maximum absolute atomic E-state index is 12.6. The number of likely N-dealkylation sites (N-methyl/N-ethyl adjacent to an activating group) is 1. The van der Waals surface area contributed by atoms with Crippen LogP contribution >= 0.6 is 0 Å². The van der Waals surface area contributed by atoms with Gasteiger partial charge < -0.3 is 9.73 Å².